The lowest BCUT2D eigenvalue weighted by Gasteiger charge is -2.16. The van der Waals surface area contributed by atoms with Crippen LogP contribution in [0.2, 0.25) is 0 Å². The molecule has 0 aromatic carbocycles. The number of nitrogens with one attached hydrogen (secondary N) is 1. The minimum absolute atomic E-state index is 0.138. The van der Waals surface area contributed by atoms with E-state index < -0.39 is 0 Å². The average Bonchev–Trinajstić information content (AvgIpc) is 2.82. The Morgan fingerprint density at radius 1 is 1.67 bits per heavy atom. The van der Waals surface area contributed by atoms with Crippen molar-refractivity contribution >= 4 is 27.8 Å². The van der Waals surface area contributed by atoms with Crippen molar-refractivity contribution < 1.29 is 9.90 Å². The van der Waals surface area contributed by atoms with Crippen molar-refractivity contribution in [3.8, 4) is 0 Å². The molecule has 0 radical (unpaired) electrons. The number of hydrogen-bond donors (Lipinski definition) is 2. The summed E-state index contributed by atoms with van der Waals surface area (Å²) in [6, 6.07) is 3.47. The lowest BCUT2D eigenvalue weighted by Crippen LogP contribution is -2.33. The standard InChI is InChI=1S/C12H16BrN3O2/c1-8-10(13)2-3-11(14-8)15-12(18)16-5-4-9(6-16)7-17/h2-3,9,17H,4-7H2,1H3,(H,14,15,18). The first kappa shape index (κ1) is 13.3. The van der Waals surface area contributed by atoms with Crippen LogP contribution in [0.1, 0.15) is 12.1 Å². The van der Waals surface area contributed by atoms with Crippen LogP contribution in [-0.4, -0.2) is 40.7 Å². The van der Waals surface area contributed by atoms with Gasteiger partial charge < -0.3 is 10.0 Å². The van der Waals surface area contributed by atoms with Crippen molar-refractivity contribution in [2.24, 2.45) is 5.92 Å². The highest BCUT2D eigenvalue weighted by atomic mass is 79.9. The second-order valence-corrected chi connectivity index (χ2v) is 5.33. The Labute approximate surface area is 114 Å². The fraction of sp³-hybridized carbons (Fsp3) is 0.500. The number of urea groups is 1. The normalized spacial score (nSPS) is 19.1. The number of nitrogens with zero attached hydrogens (tertiary/aromatic N) is 2. The van der Waals surface area contributed by atoms with E-state index in [0.717, 1.165) is 16.6 Å². The van der Waals surface area contributed by atoms with E-state index in [1.807, 2.05) is 13.0 Å². The third kappa shape index (κ3) is 3.00. The molecular formula is C12H16BrN3O2. The van der Waals surface area contributed by atoms with Crippen LogP contribution >= 0.6 is 15.9 Å². The Balaban J connectivity index is 1.97. The molecule has 0 spiro atoms. The van der Waals surface area contributed by atoms with Gasteiger partial charge in [-0.1, -0.05) is 0 Å². The van der Waals surface area contributed by atoms with Gasteiger partial charge in [-0.2, -0.15) is 0 Å². The summed E-state index contributed by atoms with van der Waals surface area (Å²) in [7, 11) is 0. The van der Waals surface area contributed by atoms with Crippen LogP contribution in [0.5, 0.6) is 0 Å². The summed E-state index contributed by atoms with van der Waals surface area (Å²) in [5.74, 6) is 0.753. The van der Waals surface area contributed by atoms with E-state index in [9.17, 15) is 4.79 Å². The number of anilines is 1. The molecule has 2 rings (SSSR count). The maximum atomic E-state index is 12.0. The predicted molar refractivity (Wildman–Crippen MR) is 72.5 cm³/mol. The highest BCUT2D eigenvalue weighted by molar-refractivity contribution is 9.10. The maximum Gasteiger partial charge on any atom is 0.323 e. The first-order valence-electron chi connectivity index (χ1n) is 5.90. The van der Waals surface area contributed by atoms with Crippen LogP contribution in [0.25, 0.3) is 0 Å². The zero-order chi connectivity index (χ0) is 13.1. The number of likely N-dealkylation sites (tertiary alicyclic amines) is 1. The van der Waals surface area contributed by atoms with Gasteiger partial charge in [0.1, 0.15) is 5.82 Å². The number of halogens is 1. The van der Waals surface area contributed by atoms with Gasteiger partial charge in [0.05, 0.1) is 5.69 Å². The molecule has 1 unspecified atom stereocenters. The SMILES string of the molecule is Cc1nc(NC(=O)N2CCC(CO)C2)ccc1Br. The maximum absolute atomic E-state index is 12.0. The molecule has 98 valence electrons. The predicted octanol–water partition coefficient (Wildman–Crippen LogP) is 2.00. The highest BCUT2D eigenvalue weighted by Crippen LogP contribution is 2.19. The number of amides is 2. The molecule has 0 bridgehead atoms. The number of carbonyl (C=O) groups is 1. The topological polar surface area (TPSA) is 65.5 Å². The second-order valence-electron chi connectivity index (χ2n) is 4.48. The van der Waals surface area contributed by atoms with Gasteiger partial charge in [-0.25, -0.2) is 9.78 Å². The minimum Gasteiger partial charge on any atom is -0.396 e. The summed E-state index contributed by atoms with van der Waals surface area (Å²) in [5.41, 5.74) is 0.836. The first-order chi connectivity index (χ1) is 8.60. The number of pyridine rings is 1. The van der Waals surface area contributed by atoms with Gasteiger partial charge in [-0.05, 0) is 41.4 Å². The molecule has 1 fully saturated rings. The van der Waals surface area contributed by atoms with Gasteiger partial charge in [0, 0.05) is 30.1 Å². The number of aromatic nitrogens is 1. The van der Waals surface area contributed by atoms with Crippen LogP contribution in [0.15, 0.2) is 16.6 Å². The zero-order valence-electron chi connectivity index (χ0n) is 10.2. The Hall–Kier alpha value is -1.14. The van der Waals surface area contributed by atoms with E-state index in [-0.39, 0.29) is 18.6 Å². The van der Waals surface area contributed by atoms with Crippen LogP contribution in [0, 0.1) is 12.8 Å². The van der Waals surface area contributed by atoms with E-state index in [2.05, 4.69) is 26.2 Å². The average molecular weight is 314 g/mol. The van der Waals surface area contributed by atoms with Gasteiger partial charge in [-0.3, -0.25) is 5.32 Å². The molecule has 1 aromatic rings. The van der Waals surface area contributed by atoms with Crippen molar-refractivity contribution in [3.05, 3.63) is 22.3 Å². The monoisotopic (exact) mass is 313 g/mol. The van der Waals surface area contributed by atoms with Crippen molar-refractivity contribution in [2.75, 3.05) is 25.0 Å². The molecule has 1 saturated heterocycles. The van der Waals surface area contributed by atoms with E-state index >= 15 is 0 Å². The minimum atomic E-state index is -0.153. The Kier molecular flexibility index (Phi) is 4.19. The van der Waals surface area contributed by atoms with Crippen LogP contribution in [0.4, 0.5) is 10.6 Å². The lowest BCUT2D eigenvalue weighted by molar-refractivity contribution is 0.208. The summed E-state index contributed by atoms with van der Waals surface area (Å²) < 4.78 is 0.919. The van der Waals surface area contributed by atoms with E-state index in [0.29, 0.717) is 18.9 Å². The highest BCUT2D eigenvalue weighted by Gasteiger charge is 2.25. The number of aliphatic hydroxyl groups is 1. The quantitative estimate of drug-likeness (QED) is 0.877. The van der Waals surface area contributed by atoms with Crippen molar-refractivity contribution in [1.29, 1.82) is 0 Å². The fourth-order valence-electron chi connectivity index (χ4n) is 1.97. The smallest absolute Gasteiger partial charge is 0.323 e. The van der Waals surface area contributed by atoms with Crippen molar-refractivity contribution in [1.82, 2.24) is 9.88 Å². The summed E-state index contributed by atoms with van der Waals surface area (Å²) >= 11 is 3.37. The number of aryl methyl sites for hydroxylation is 1. The van der Waals surface area contributed by atoms with Crippen LogP contribution in [-0.2, 0) is 0 Å². The Morgan fingerprint density at radius 3 is 3.06 bits per heavy atom. The van der Waals surface area contributed by atoms with E-state index in [1.165, 1.54) is 0 Å². The largest absolute Gasteiger partial charge is 0.396 e. The van der Waals surface area contributed by atoms with Gasteiger partial charge in [0.15, 0.2) is 0 Å². The number of rotatable bonds is 2. The molecular weight excluding hydrogens is 298 g/mol. The van der Waals surface area contributed by atoms with Crippen molar-refractivity contribution in [2.45, 2.75) is 13.3 Å². The molecule has 18 heavy (non-hydrogen) atoms. The number of carbonyl (C=O) groups excluding carboxylic acids is 1. The molecule has 1 aromatic heterocycles. The van der Waals surface area contributed by atoms with Crippen LogP contribution < -0.4 is 5.32 Å². The van der Waals surface area contributed by atoms with Gasteiger partial charge in [-0.15, -0.1) is 0 Å². The van der Waals surface area contributed by atoms with E-state index in [1.54, 1.807) is 11.0 Å². The molecule has 2 N–H and O–H groups in total. The molecule has 6 heteroatoms. The molecule has 1 aliphatic heterocycles. The molecule has 0 aliphatic carbocycles. The summed E-state index contributed by atoms with van der Waals surface area (Å²) in [5, 5.41) is 11.8. The number of aliphatic hydroxyl groups excluding tert-OH is 1. The summed E-state index contributed by atoms with van der Waals surface area (Å²) in [4.78, 5) is 17.9. The third-order valence-corrected chi connectivity index (χ3v) is 3.93. The van der Waals surface area contributed by atoms with E-state index in [4.69, 9.17) is 5.11 Å². The molecule has 0 saturated carbocycles. The summed E-state index contributed by atoms with van der Waals surface area (Å²) in [6.45, 7) is 3.31. The molecule has 5 nitrogen and oxygen atoms in total. The molecule has 2 heterocycles. The zero-order valence-corrected chi connectivity index (χ0v) is 11.8. The van der Waals surface area contributed by atoms with Gasteiger partial charge >= 0.3 is 6.03 Å². The van der Waals surface area contributed by atoms with Crippen LogP contribution in [0.3, 0.4) is 0 Å². The van der Waals surface area contributed by atoms with Gasteiger partial charge in [0.25, 0.3) is 0 Å². The lowest BCUT2D eigenvalue weighted by atomic mass is 10.1. The third-order valence-electron chi connectivity index (χ3n) is 3.09. The summed E-state index contributed by atoms with van der Waals surface area (Å²) in [6.07, 6.45) is 0.858. The molecule has 2 amide bonds. The Bertz CT molecular complexity index is 453. The first-order valence-corrected chi connectivity index (χ1v) is 6.69. The molecule has 1 atom stereocenters. The fourth-order valence-corrected chi connectivity index (χ4v) is 2.19. The number of hydrogen-bond acceptors (Lipinski definition) is 3. The molecule has 1 aliphatic rings. The van der Waals surface area contributed by atoms with Gasteiger partial charge in [0.2, 0.25) is 0 Å². The Morgan fingerprint density at radius 2 is 2.44 bits per heavy atom. The van der Waals surface area contributed by atoms with Crippen molar-refractivity contribution in [3.63, 3.8) is 0 Å². The second kappa shape index (κ2) is 5.67.